The van der Waals surface area contributed by atoms with Gasteiger partial charge in [-0.3, -0.25) is 9.78 Å². The lowest BCUT2D eigenvalue weighted by atomic mass is 10.1. The summed E-state index contributed by atoms with van der Waals surface area (Å²) in [7, 11) is -2.24. The molecule has 3 aromatic rings. The zero-order valence-electron chi connectivity index (χ0n) is 13.8. The number of halogens is 1. The summed E-state index contributed by atoms with van der Waals surface area (Å²) in [6.45, 7) is 0. The molecule has 0 atom stereocenters. The van der Waals surface area contributed by atoms with Crippen LogP contribution in [0.2, 0.25) is 0 Å². The van der Waals surface area contributed by atoms with E-state index in [0.29, 0.717) is 26.5 Å². The van der Waals surface area contributed by atoms with Crippen LogP contribution in [0, 0.1) is 0 Å². The maximum Gasteiger partial charge on any atom is 0.248 e. The third-order valence-electron chi connectivity index (χ3n) is 3.84. The Balaban J connectivity index is 2.02. The van der Waals surface area contributed by atoms with Gasteiger partial charge in [0.25, 0.3) is 0 Å². The molecule has 3 rings (SSSR count). The van der Waals surface area contributed by atoms with Gasteiger partial charge in [0.05, 0.1) is 18.4 Å². The topological polar surface area (TPSA) is 99.3 Å². The van der Waals surface area contributed by atoms with Crippen LogP contribution in [0.25, 0.3) is 10.9 Å². The summed E-state index contributed by atoms with van der Waals surface area (Å²) in [5, 5.41) is 0.648. The molecule has 6 nitrogen and oxygen atoms in total. The molecule has 0 unspecified atom stereocenters. The van der Waals surface area contributed by atoms with Gasteiger partial charge in [-0.25, -0.2) is 8.42 Å². The van der Waals surface area contributed by atoms with Crippen LogP contribution in [-0.2, 0) is 15.6 Å². The minimum Gasteiger partial charge on any atom is -0.495 e. The minimum absolute atomic E-state index is 0.0976. The number of fused-ring (bicyclic) bond motifs is 1. The number of benzene rings is 2. The molecule has 1 amide bonds. The highest BCUT2D eigenvalue weighted by Gasteiger charge is 2.21. The number of carbonyl (C=O) groups is 1. The maximum absolute atomic E-state index is 12.8. The average Bonchev–Trinajstić information content (AvgIpc) is 2.60. The quantitative estimate of drug-likeness (QED) is 0.664. The number of nitrogens with zero attached hydrogens (tertiary/aromatic N) is 1. The standard InChI is InChI=1S/C18H15BrN2O4S/c1-25-16-5-3-14(19)8-17(16)26(23,24)10-11-6-13-7-12(18(20)22)2-4-15(13)21-9-11/h2-9H,10H2,1H3,(H2,20,22). The SMILES string of the molecule is COc1ccc(Br)cc1S(=O)(=O)Cc1cnc2ccc(C(N)=O)cc2c1. The second-order valence-electron chi connectivity index (χ2n) is 5.67. The summed E-state index contributed by atoms with van der Waals surface area (Å²) in [5.74, 6) is -0.523. The third-order valence-corrected chi connectivity index (χ3v) is 6.04. The number of pyridine rings is 1. The molecule has 0 saturated heterocycles. The van der Waals surface area contributed by atoms with Crippen LogP contribution >= 0.6 is 15.9 Å². The van der Waals surface area contributed by atoms with Crippen molar-refractivity contribution >= 4 is 42.6 Å². The number of ether oxygens (including phenoxy) is 1. The van der Waals surface area contributed by atoms with Crippen molar-refractivity contribution in [2.75, 3.05) is 7.11 Å². The van der Waals surface area contributed by atoms with Crippen LogP contribution in [-0.4, -0.2) is 26.4 Å². The number of amides is 1. The summed E-state index contributed by atoms with van der Waals surface area (Å²) >= 11 is 3.28. The second-order valence-corrected chi connectivity index (χ2v) is 8.54. The van der Waals surface area contributed by atoms with Gasteiger partial charge in [0.15, 0.2) is 9.84 Å². The number of hydrogen-bond donors (Lipinski definition) is 1. The fourth-order valence-corrected chi connectivity index (χ4v) is 4.63. The van der Waals surface area contributed by atoms with Crippen molar-refractivity contribution in [3.8, 4) is 5.75 Å². The normalized spacial score (nSPS) is 11.5. The summed E-state index contributed by atoms with van der Waals surface area (Å²) in [4.78, 5) is 15.7. The summed E-state index contributed by atoms with van der Waals surface area (Å²) in [5.41, 5.74) is 6.78. The molecule has 2 aromatic carbocycles. The van der Waals surface area contributed by atoms with Crippen LogP contribution in [0.1, 0.15) is 15.9 Å². The molecular weight excluding hydrogens is 420 g/mol. The zero-order chi connectivity index (χ0) is 18.9. The zero-order valence-corrected chi connectivity index (χ0v) is 16.2. The molecule has 2 N–H and O–H groups in total. The van der Waals surface area contributed by atoms with E-state index >= 15 is 0 Å². The number of nitrogens with two attached hydrogens (primary N) is 1. The van der Waals surface area contributed by atoms with E-state index in [2.05, 4.69) is 20.9 Å². The van der Waals surface area contributed by atoms with E-state index in [9.17, 15) is 13.2 Å². The molecule has 134 valence electrons. The van der Waals surface area contributed by atoms with E-state index in [1.165, 1.54) is 19.4 Å². The van der Waals surface area contributed by atoms with Gasteiger partial charge < -0.3 is 10.5 Å². The third kappa shape index (κ3) is 3.71. The van der Waals surface area contributed by atoms with Crippen molar-refractivity contribution < 1.29 is 17.9 Å². The molecule has 1 aromatic heterocycles. The molecule has 1 heterocycles. The van der Waals surface area contributed by atoms with Gasteiger partial charge in [-0.05, 0) is 48.0 Å². The van der Waals surface area contributed by atoms with Crippen LogP contribution in [0.15, 0.2) is 58.0 Å². The molecule has 0 spiro atoms. The Morgan fingerprint density at radius 3 is 2.65 bits per heavy atom. The van der Waals surface area contributed by atoms with Crippen LogP contribution < -0.4 is 10.5 Å². The summed E-state index contributed by atoms with van der Waals surface area (Å²) in [6, 6.07) is 11.4. The molecule has 26 heavy (non-hydrogen) atoms. The average molecular weight is 435 g/mol. The highest BCUT2D eigenvalue weighted by atomic mass is 79.9. The van der Waals surface area contributed by atoms with Crippen LogP contribution in [0.3, 0.4) is 0 Å². The van der Waals surface area contributed by atoms with E-state index in [4.69, 9.17) is 10.5 Å². The number of carbonyl (C=O) groups excluding carboxylic acids is 1. The molecule has 0 saturated carbocycles. The molecule has 0 aliphatic rings. The van der Waals surface area contributed by atoms with E-state index in [1.807, 2.05) is 0 Å². The predicted octanol–water partition coefficient (Wildman–Crippen LogP) is 3.08. The van der Waals surface area contributed by atoms with Crippen molar-refractivity contribution in [3.05, 3.63) is 64.3 Å². The molecule has 0 aliphatic carbocycles. The lowest BCUT2D eigenvalue weighted by molar-refractivity contribution is 0.100. The highest BCUT2D eigenvalue weighted by molar-refractivity contribution is 9.10. The van der Waals surface area contributed by atoms with Gasteiger partial charge in [0.2, 0.25) is 5.91 Å². The van der Waals surface area contributed by atoms with Gasteiger partial charge in [-0.2, -0.15) is 0 Å². The Labute approximate surface area is 159 Å². The molecule has 8 heteroatoms. The maximum atomic E-state index is 12.8. The lowest BCUT2D eigenvalue weighted by Crippen LogP contribution is -2.10. The first kappa shape index (κ1) is 18.3. The molecule has 0 fully saturated rings. The highest BCUT2D eigenvalue weighted by Crippen LogP contribution is 2.30. The Morgan fingerprint density at radius 1 is 1.19 bits per heavy atom. The van der Waals surface area contributed by atoms with Crippen molar-refractivity contribution in [2.45, 2.75) is 10.6 Å². The first-order valence-corrected chi connectivity index (χ1v) is 9.99. The van der Waals surface area contributed by atoms with E-state index < -0.39 is 15.7 Å². The molecular formula is C18H15BrN2O4S. The molecule has 0 bridgehead atoms. The second kappa shape index (κ2) is 7.05. The Kier molecular flexibility index (Phi) is 4.97. The molecule has 0 radical (unpaired) electrons. The van der Waals surface area contributed by atoms with Crippen LogP contribution in [0.4, 0.5) is 0 Å². The number of aromatic nitrogens is 1. The molecule has 0 aliphatic heterocycles. The number of sulfone groups is 1. The van der Waals surface area contributed by atoms with Crippen molar-refractivity contribution in [1.29, 1.82) is 0 Å². The monoisotopic (exact) mass is 434 g/mol. The number of methoxy groups -OCH3 is 1. The Morgan fingerprint density at radius 2 is 1.96 bits per heavy atom. The number of rotatable bonds is 5. The smallest absolute Gasteiger partial charge is 0.248 e. The van der Waals surface area contributed by atoms with Crippen molar-refractivity contribution in [2.24, 2.45) is 5.73 Å². The van der Waals surface area contributed by atoms with E-state index in [0.717, 1.165) is 0 Å². The fourth-order valence-electron chi connectivity index (χ4n) is 2.60. The predicted molar refractivity (Wildman–Crippen MR) is 102 cm³/mol. The number of primary amides is 1. The fraction of sp³-hybridized carbons (Fsp3) is 0.111. The van der Waals surface area contributed by atoms with E-state index in [1.54, 1.807) is 36.4 Å². The van der Waals surface area contributed by atoms with Crippen LogP contribution in [0.5, 0.6) is 5.75 Å². The summed E-state index contributed by atoms with van der Waals surface area (Å²) < 4.78 is 31.5. The first-order chi connectivity index (χ1) is 12.3. The van der Waals surface area contributed by atoms with E-state index in [-0.39, 0.29) is 16.4 Å². The van der Waals surface area contributed by atoms with Gasteiger partial charge in [-0.1, -0.05) is 15.9 Å². The Hall–Kier alpha value is -2.45. The summed E-state index contributed by atoms with van der Waals surface area (Å²) in [6.07, 6.45) is 1.51. The van der Waals surface area contributed by atoms with Gasteiger partial charge >= 0.3 is 0 Å². The minimum atomic E-state index is -3.66. The van der Waals surface area contributed by atoms with Gasteiger partial charge in [0.1, 0.15) is 10.6 Å². The Bertz CT molecular complexity index is 1110. The number of hydrogen-bond acceptors (Lipinski definition) is 5. The van der Waals surface area contributed by atoms with Gasteiger partial charge in [-0.15, -0.1) is 0 Å². The van der Waals surface area contributed by atoms with Crippen molar-refractivity contribution in [3.63, 3.8) is 0 Å². The lowest BCUT2D eigenvalue weighted by Gasteiger charge is -2.10. The first-order valence-electron chi connectivity index (χ1n) is 7.55. The largest absolute Gasteiger partial charge is 0.495 e. The van der Waals surface area contributed by atoms with Crippen molar-refractivity contribution in [1.82, 2.24) is 4.98 Å². The van der Waals surface area contributed by atoms with Gasteiger partial charge in [0, 0.05) is 21.6 Å².